The number of hydrogen-bond donors (Lipinski definition) is 1. The Morgan fingerprint density at radius 2 is 2.11 bits per heavy atom. The number of allylic oxidation sites excluding steroid dienone is 1. The molecule has 0 radical (unpaired) electrons. The van der Waals surface area contributed by atoms with E-state index >= 15 is 0 Å². The van der Waals surface area contributed by atoms with E-state index in [4.69, 9.17) is 0 Å². The topological polar surface area (TPSA) is 50.2 Å². The van der Waals surface area contributed by atoms with E-state index in [1.54, 1.807) is 18.3 Å². The minimum Gasteiger partial charge on any atom is -0.507 e. The largest absolute Gasteiger partial charge is 0.507 e. The summed E-state index contributed by atoms with van der Waals surface area (Å²) in [4.78, 5) is 15.5. The zero-order chi connectivity index (χ0) is 13.0. The zero-order valence-corrected chi connectivity index (χ0v) is 9.38. The molecule has 0 saturated heterocycles. The highest BCUT2D eigenvalue weighted by molar-refractivity contribution is 6.06. The average molecular weight is 243 g/mol. The maximum absolute atomic E-state index is 13.4. The normalized spacial score (nSPS) is 10.7. The van der Waals surface area contributed by atoms with Crippen molar-refractivity contribution in [3.05, 3.63) is 65.7 Å². The summed E-state index contributed by atoms with van der Waals surface area (Å²) < 4.78 is 13.4. The third-order valence-corrected chi connectivity index (χ3v) is 2.38. The number of carbonyl (C=O) groups is 1. The number of pyridine rings is 1. The number of hydrogen-bond acceptors (Lipinski definition) is 3. The van der Waals surface area contributed by atoms with Crippen molar-refractivity contribution in [3.8, 4) is 5.75 Å². The van der Waals surface area contributed by atoms with Crippen molar-refractivity contribution >= 4 is 11.9 Å². The first kappa shape index (κ1) is 12.0. The molecule has 0 saturated carbocycles. The fourth-order valence-corrected chi connectivity index (χ4v) is 1.45. The van der Waals surface area contributed by atoms with Gasteiger partial charge in [0.15, 0.2) is 5.78 Å². The molecule has 0 aliphatic carbocycles. The first-order valence-corrected chi connectivity index (χ1v) is 5.28. The van der Waals surface area contributed by atoms with Crippen LogP contribution < -0.4 is 0 Å². The molecule has 1 N–H and O–H groups in total. The number of phenolic OH excluding ortho intramolecular Hbond substituents is 1. The zero-order valence-electron chi connectivity index (χ0n) is 9.38. The molecular formula is C14H10FNO2. The lowest BCUT2D eigenvalue weighted by molar-refractivity contribution is 0.104. The first-order valence-electron chi connectivity index (χ1n) is 5.28. The lowest BCUT2D eigenvalue weighted by atomic mass is 10.1. The van der Waals surface area contributed by atoms with Gasteiger partial charge in [-0.15, -0.1) is 0 Å². The number of ketones is 1. The third-order valence-electron chi connectivity index (χ3n) is 2.38. The van der Waals surface area contributed by atoms with Crippen LogP contribution in [-0.4, -0.2) is 15.9 Å². The molecule has 18 heavy (non-hydrogen) atoms. The standard InChI is InChI=1S/C14H10FNO2/c15-12-4-1-5-14(18)11(12)6-7-13(17)10-3-2-8-16-9-10/h1-9,18H/b7-6+. The van der Waals surface area contributed by atoms with Gasteiger partial charge >= 0.3 is 0 Å². The lowest BCUT2D eigenvalue weighted by Gasteiger charge is -1.99. The number of nitrogens with zero attached hydrogens (tertiary/aromatic N) is 1. The molecule has 0 aliphatic heterocycles. The van der Waals surface area contributed by atoms with Crippen LogP contribution in [0.3, 0.4) is 0 Å². The average Bonchev–Trinajstić information content (AvgIpc) is 2.39. The monoisotopic (exact) mass is 243 g/mol. The molecule has 2 rings (SSSR count). The number of halogens is 1. The Balaban J connectivity index is 2.24. The van der Waals surface area contributed by atoms with Gasteiger partial charge in [-0.1, -0.05) is 6.07 Å². The molecule has 0 amide bonds. The van der Waals surface area contributed by atoms with Gasteiger partial charge in [-0.3, -0.25) is 9.78 Å². The summed E-state index contributed by atoms with van der Waals surface area (Å²) >= 11 is 0. The second kappa shape index (κ2) is 5.23. The van der Waals surface area contributed by atoms with E-state index in [9.17, 15) is 14.3 Å². The highest BCUT2D eigenvalue weighted by Crippen LogP contribution is 2.21. The minimum absolute atomic E-state index is 0.00487. The van der Waals surface area contributed by atoms with Gasteiger partial charge in [-0.05, 0) is 36.4 Å². The third kappa shape index (κ3) is 2.60. The molecule has 4 heteroatoms. The maximum atomic E-state index is 13.4. The number of aromatic hydroxyl groups is 1. The van der Waals surface area contributed by atoms with Crippen LogP contribution in [0.15, 0.2) is 48.8 Å². The number of benzene rings is 1. The van der Waals surface area contributed by atoms with E-state index < -0.39 is 5.82 Å². The summed E-state index contributed by atoms with van der Waals surface area (Å²) in [6.07, 6.45) is 5.44. The van der Waals surface area contributed by atoms with E-state index in [1.165, 1.54) is 36.5 Å². The number of rotatable bonds is 3. The highest BCUT2D eigenvalue weighted by atomic mass is 19.1. The van der Waals surface area contributed by atoms with Gasteiger partial charge in [0.25, 0.3) is 0 Å². The van der Waals surface area contributed by atoms with Crippen molar-refractivity contribution in [1.29, 1.82) is 0 Å². The van der Waals surface area contributed by atoms with Gasteiger partial charge in [-0.25, -0.2) is 4.39 Å². The molecule has 90 valence electrons. The summed E-state index contributed by atoms with van der Waals surface area (Å²) in [6.45, 7) is 0. The highest BCUT2D eigenvalue weighted by Gasteiger charge is 2.05. The van der Waals surface area contributed by atoms with Crippen LogP contribution >= 0.6 is 0 Å². The summed E-state index contributed by atoms with van der Waals surface area (Å²) in [5, 5.41) is 9.46. The number of phenols is 1. The minimum atomic E-state index is -0.578. The van der Waals surface area contributed by atoms with Crippen LogP contribution in [0, 0.1) is 5.82 Å². The molecule has 3 nitrogen and oxygen atoms in total. The molecular weight excluding hydrogens is 233 g/mol. The van der Waals surface area contributed by atoms with E-state index in [1.807, 2.05) is 0 Å². The van der Waals surface area contributed by atoms with Gasteiger partial charge in [0, 0.05) is 18.0 Å². The van der Waals surface area contributed by atoms with Crippen LogP contribution in [0.25, 0.3) is 6.08 Å². The fourth-order valence-electron chi connectivity index (χ4n) is 1.45. The smallest absolute Gasteiger partial charge is 0.187 e. The SMILES string of the molecule is O=C(/C=C/c1c(O)cccc1F)c1cccnc1. The molecule has 0 spiro atoms. The number of aromatic nitrogens is 1. The van der Waals surface area contributed by atoms with Crippen molar-refractivity contribution < 1.29 is 14.3 Å². The van der Waals surface area contributed by atoms with Crippen LogP contribution in [0.2, 0.25) is 0 Å². The van der Waals surface area contributed by atoms with Crippen LogP contribution in [0.1, 0.15) is 15.9 Å². The quantitative estimate of drug-likeness (QED) is 0.666. The van der Waals surface area contributed by atoms with Crippen LogP contribution in [0.5, 0.6) is 5.75 Å². The second-order valence-electron chi connectivity index (χ2n) is 3.61. The van der Waals surface area contributed by atoms with Crippen molar-refractivity contribution in [2.45, 2.75) is 0 Å². The van der Waals surface area contributed by atoms with Crippen LogP contribution in [-0.2, 0) is 0 Å². The molecule has 1 aromatic heterocycles. The Labute approximate surface area is 103 Å². The maximum Gasteiger partial charge on any atom is 0.187 e. The fraction of sp³-hybridized carbons (Fsp3) is 0. The van der Waals surface area contributed by atoms with Crippen molar-refractivity contribution in [3.63, 3.8) is 0 Å². The molecule has 0 fully saturated rings. The van der Waals surface area contributed by atoms with Gasteiger partial charge in [0.05, 0.1) is 5.56 Å². The Bertz CT molecular complexity index is 574. The van der Waals surface area contributed by atoms with Crippen molar-refractivity contribution in [2.75, 3.05) is 0 Å². The molecule has 0 unspecified atom stereocenters. The van der Waals surface area contributed by atoms with E-state index in [0.29, 0.717) is 5.56 Å². The molecule has 2 aromatic rings. The second-order valence-corrected chi connectivity index (χ2v) is 3.61. The van der Waals surface area contributed by atoms with Crippen molar-refractivity contribution in [2.24, 2.45) is 0 Å². The van der Waals surface area contributed by atoms with Gasteiger partial charge in [0.1, 0.15) is 11.6 Å². The molecule has 0 atom stereocenters. The first-order chi connectivity index (χ1) is 8.68. The van der Waals surface area contributed by atoms with Crippen LogP contribution in [0.4, 0.5) is 4.39 Å². The summed E-state index contributed by atoms with van der Waals surface area (Å²) in [7, 11) is 0. The van der Waals surface area contributed by atoms with Crippen molar-refractivity contribution in [1.82, 2.24) is 4.98 Å². The Morgan fingerprint density at radius 3 is 2.78 bits per heavy atom. The Morgan fingerprint density at radius 1 is 1.28 bits per heavy atom. The lowest BCUT2D eigenvalue weighted by Crippen LogP contribution is -1.94. The van der Waals surface area contributed by atoms with Gasteiger partial charge in [-0.2, -0.15) is 0 Å². The van der Waals surface area contributed by atoms with Gasteiger partial charge in [0.2, 0.25) is 0 Å². The van der Waals surface area contributed by atoms with E-state index in [0.717, 1.165) is 0 Å². The summed E-state index contributed by atoms with van der Waals surface area (Å²) in [6, 6.07) is 7.22. The predicted molar refractivity (Wildman–Crippen MR) is 65.7 cm³/mol. The molecule has 0 aliphatic rings. The summed E-state index contributed by atoms with van der Waals surface area (Å²) in [5.41, 5.74) is 0.402. The number of carbonyl (C=O) groups excluding carboxylic acids is 1. The molecule has 0 bridgehead atoms. The summed E-state index contributed by atoms with van der Waals surface area (Å²) in [5.74, 6) is -1.08. The predicted octanol–water partition coefficient (Wildman–Crippen LogP) is 2.82. The van der Waals surface area contributed by atoms with Gasteiger partial charge < -0.3 is 5.11 Å². The molecule has 1 heterocycles. The Kier molecular flexibility index (Phi) is 3.48. The van der Waals surface area contributed by atoms with E-state index in [2.05, 4.69) is 4.98 Å². The van der Waals surface area contributed by atoms with E-state index in [-0.39, 0.29) is 17.1 Å². The Hall–Kier alpha value is -2.49. The molecule has 1 aromatic carbocycles.